The SMILES string of the molecule is CCCCOc1ccccc1C(=O)C(F)(F)F. The summed E-state index contributed by atoms with van der Waals surface area (Å²) < 4.78 is 42.1. The molecular weight excluding hydrogens is 233 g/mol. The van der Waals surface area contributed by atoms with Crippen molar-refractivity contribution in [1.82, 2.24) is 0 Å². The molecule has 1 aromatic rings. The van der Waals surface area contributed by atoms with Gasteiger partial charge in [0, 0.05) is 0 Å². The average Bonchev–Trinajstić information content (AvgIpc) is 2.28. The van der Waals surface area contributed by atoms with Crippen LogP contribution in [-0.2, 0) is 0 Å². The van der Waals surface area contributed by atoms with E-state index in [1.165, 1.54) is 18.2 Å². The van der Waals surface area contributed by atoms with Crippen molar-refractivity contribution < 1.29 is 22.7 Å². The van der Waals surface area contributed by atoms with Crippen LogP contribution in [0, 0.1) is 0 Å². The van der Waals surface area contributed by atoms with Gasteiger partial charge in [0.1, 0.15) is 5.75 Å². The van der Waals surface area contributed by atoms with Crippen LogP contribution in [0.2, 0.25) is 0 Å². The molecule has 0 saturated heterocycles. The van der Waals surface area contributed by atoms with Gasteiger partial charge in [0.25, 0.3) is 5.78 Å². The number of halogens is 3. The summed E-state index contributed by atoms with van der Waals surface area (Å²) in [5.41, 5.74) is -0.434. The Labute approximate surface area is 97.4 Å². The van der Waals surface area contributed by atoms with Crippen molar-refractivity contribution in [2.24, 2.45) is 0 Å². The molecule has 0 saturated carbocycles. The molecule has 1 aromatic carbocycles. The second-order valence-electron chi connectivity index (χ2n) is 3.53. The van der Waals surface area contributed by atoms with Crippen LogP contribution < -0.4 is 4.74 Å². The predicted octanol–water partition coefficient (Wildman–Crippen LogP) is 3.61. The minimum Gasteiger partial charge on any atom is -0.493 e. The number of ether oxygens (including phenoxy) is 1. The topological polar surface area (TPSA) is 26.3 Å². The van der Waals surface area contributed by atoms with Crippen LogP contribution in [0.15, 0.2) is 24.3 Å². The van der Waals surface area contributed by atoms with Crippen molar-refractivity contribution in [3.8, 4) is 5.75 Å². The first-order chi connectivity index (χ1) is 7.96. The molecule has 0 amide bonds. The van der Waals surface area contributed by atoms with Gasteiger partial charge in [-0.05, 0) is 18.6 Å². The highest BCUT2D eigenvalue weighted by Gasteiger charge is 2.40. The van der Waals surface area contributed by atoms with Crippen molar-refractivity contribution in [3.63, 3.8) is 0 Å². The second kappa shape index (κ2) is 5.70. The lowest BCUT2D eigenvalue weighted by molar-refractivity contribution is -0.0886. The van der Waals surface area contributed by atoms with Crippen LogP contribution in [0.1, 0.15) is 30.1 Å². The molecule has 0 spiro atoms. The fraction of sp³-hybridized carbons (Fsp3) is 0.417. The van der Waals surface area contributed by atoms with Gasteiger partial charge in [-0.3, -0.25) is 4.79 Å². The standard InChI is InChI=1S/C12H13F3O2/c1-2-3-8-17-10-7-5-4-6-9(10)11(16)12(13,14)15/h4-7H,2-3,8H2,1H3. The second-order valence-corrected chi connectivity index (χ2v) is 3.53. The lowest BCUT2D eigenvalue weighted by Crippen LogP contribution is -2.23. The van der Waals surface area contributed by atoms with E-state index in [9.17, 15) is 18.0 Å². The molecule has 1 rings (SSSR count). The minimum atomic E-state index is -4.87. The van der Waals surface area contributed by atoms with Crippen LogP contribution in [-0.4, -0.2) is 18.6 Å². The number of Topliss-reactive ketones (excluding diaryl/α,β-unsaturated/α-hetero) is 1. The van der Waals surface area contributed by atoms with Crippen LogP contribution in [0.4, 0.5) is 13.2 Å². The first kappa shape index (κ1) is 13.5. The maximum absolute atomic E-state index is 12.3. The minimum absolute atomic E-state index is 0.0109. The zero-order valence-corrected chi connectivity index (χ0v) is 9.38. The van der Waals surface area contributed by atoms with Crippen LogP contribution >= 0.6 is 0 Å². The maximum atomic E-state index is 12.3. The van der Waals surface area contributed by atoms with Crippen molar-refractivity contribution >= 4 is 5.78 Å². The number of ketones is 1. The van der Waals surface area contributed by atoms with E-state index in [0.717, 1.165) is 18.9 Å². The van der Waals surface area contributed by atoms with E-state index in [-0.39, 0.29) is 5.75 Å². The maximum Gasteiger partial charge on any atom is 0.455 e. The molecule has 94 valence electrons. The number of alkyl halides is 3. The third-order valence-electron chi connectivity index (χ3n) is 2.14. The Hall–Kier alpha value is -1.52. The van der Waals surface area contributed by atoms with Crippen LogP contribution in [0.3, 0.4) is 0 Å². The van der Waals surface area contributed by atoms with E-state index in [1.807, 2.05) is 6.92 Å². The summed E-state index contributed by atoms with van der Waals surface area (Å²) in [7, 11) is 0. The summed E-state index contributed by atoms with van der Waals surface area (Å²) >= 11 is 0. The molecule has 2 nitrogen and oxygen atoms in total. The summed E-state index contributed by atoms with van der Waals surface area (Å²) in [6, 6.07) is 5.41. The highest BCUT2D eigenvalue weighted by atomic mass is 19.4. The lowest BCUT2D eigenvalue weighted by atomic mass is 10.1. The summed E-state index contributed by atoms with van der Waals surface area (Å²) in [4.78, 5) is 11.1. The molecule has 0 fully saturated rings. The number of hydrogen-bond acceptors (Lipinski definition) is 2. The molecule has 0 aliphatic heterocycles. The third-order valence-corrected chi connectivity index (χ3v) is 2.14. The number of unbranched alkanes of at least 4 members (excludes halogenated alkanes) is 1. The number of hydrogen-bond donors (Lipinski definition) is 0. The van der Waals surface area contributed by atoms with Crippen molar-refractivity contribution in [2.45, 2.75) is 25.9 Å². The third kappa shape index (κ3) is 3.76. The van der Waals surface area contributed by atoms with E-state index in [0.29, 0.717) is 6.61 Å². The van der Waals surface area contributed by atoms with Crippen molar-refractivity contribution in [3.05, 3.63) is 29.8 Å². The van der Waals surface area contributed by atoms with Gasteiger partial charge in [-0.15, -0.1) is 0 Å². The number of carbonyl (C=O) groups is 1. The Morgan fingerprint density at radius 2 is 1.94 bits per heavy atom. The zero-order chi connectivity index (χ0) is 12.9. The zero-order valence-electron chi connectivity index (χ0n) is 9.38. The van der Waals surface area contributed by atoms with Crippen molar-refractivity contribution in [1.29, 1.82) is 0 Å². The Kier molecular flexibility index (Phi) is 4.54. The molecule has 0 aliphatic rings. The molecule has 0 atom stereocenters. The number of rotatable bonds is 5. The highest BCUT2D eigenvalue weighted by Crippen LogP contribution is 2.27. The Balaban J connectivity index is 2.88. The van der Waals surface area contributed by atoms with E-state index in [1.54, 1.807) is 0 Å². The molecule has 17 heavy (non-hydrogen) atoms. The lowest BCUT2D eigenvalue weighted by Gasteiger charge is -2.11. The molecule has 5 heteroatoms. The molecule has 0 N–H and O–H groups in total. The molecule has 0 radical (unpaired) electrons. The Bertz CT molecular complexity index is 386. The van der Waals surface area contributed by atoms with Gasteiger partial charge in [-0.25, -0.2) is 0 Å². The normalized spacial score (nSPS) is 11.3. The first-order valence-corrected chi connectivity index (χ1v) is 5.30. The summed E-state index contributed by atoms with van der Waals surface area (Å²) in [5.74, 6) is -1.88. The fourth-order valence-corrected chi connectivity index (χ4v) is 1.26. The Morgan fingerprint density at radius 3 is 2.53 bits per heavy atom. The molecule has 0 aliphatic carbocycles. The van der Waals surface area contributed by atoms with Gasteiger partial charge in [0.2, 0.25) is 0 Å². The largest absolute Gasteiger partial charge is 0.493 e. The molecule has 0 aromatic heterocycles. The first-order valence-electron chi connectivity index (χ1n) is 5.30. The van der Waals surface area contributed by atoms with Gasteiger partial charge in [0.15, 0.2) is 0 Å². The van der Waals surface area contributed by atoms with Gasteiger partial charge in [0.05, 0.1) is 12.2 Å². The number of carbonyl (C=O) groups excluding carboxylic acids is 1. The van der Waals surface area contributed by atoms with Crippen molar-refractivity contribution in [2.75, 3.05) is 6.61 Å². The van der Waals surface area contributed by atoms with Gasteiger partial charge in [-0.2, -0.15) is 13.2 Å². The molecule has 0 heterocycles. The summed E-state index contributed by atoms with van der Waals surface area (Å²) in [6.07, 6.45) is -3.27. The molecule has 0 unspecified atom stereocenters. The monoisotopic (exact) mass is 246 g/mol. The predicted molar refractivity (Wildman–Crippen MR) is 57.2 cm³/mol. The quantitative estimate of drug-likeness (QED) is 0.586. The van der Waals surface area contributed by atoms with Gasteiger partial charge < -0.3 is 4.74 Å². The van der Waals surface area contributed by atoms with E-state index in [4.69, 9.17) is 4.74 Å². The van der Waals surface area contributed by atoms with E-state index >= 15 is 0 Å². The van der Waals surface area contributed by atoms with Crippen LogP contribution in [0.25, 0.3) is 0 Å². The van der Waals surface area contributed by atoms with E-state index < -0.39 is 17.5 Å². The Morgan fingerprint density at radius 1 is 1.29 bits per heavy atom. The average molecular weight is 246 g/mol. The number of benzene rings is 1. The highest BCUT2D eigenvalue weighted by molar-refractivity contribution is 6.02. The van der Waals surface area contributed by atoms with Crippen LogP contribution in [0.5, 0.6) is 5.75 Å². The molecule has 0 bridgehead atoms. The molecular formula is C12H13F3O2. The van der Waals surface area contributed by atoms with E-state index in [2.05, 4.69) is 0 Å². The summed E-state index contributed by atoms with van der Waals surface area (Å²) in [6.45, 7) is 2.24. The fourth-order valence-electron chi connectivity index (χ4n) is 1.26. The van der Waals surface area contributed by atoms with Gasteiger partial charge in [-0.1, -0.05) is 25.5 Å². The smallest absolute Gasteiger partial charge is 0.455 e. The summed E-state index contributed by atoms with van der Waals surface area (Å²) in [5, 5.41) is 0. The number of para-hydroxylation sites is 1. The van der Waals surface area contributed by atoms with Gasteiger partial charge >= 0.3 is 6.18 Å².